The van der Waals surface area contributed by atoms with Crippen molar-refractivity contribution >= 4 is 12.0 Å². The molecule has 0 aromatic carbocycles. The molecule has 2 heterocycles. The van der Waals surface area contributed by atoms with Crippen LogP contribution >= 0.6 is 0 Å². The number of nitrogens with zero attached hydrogens (tertiary/aromatic N) is 1. The van der Waals surface area contributed by atoms with Crippen LogP contribution in [0.1, 0.15) is 32.6 Å². The maximum Gasteiger partial charge on any atom is 0.409 e. The lowest BCUT2D eigenvalue weighted by Crippen LogP contribution is -2.48. The topological polar surface area (TPSA) is 67.9 Å². The standard InChI is InChI=1S/C14H24N2O4/c1-2-20-14(18)16-7-3-12(4-8-16)15-13(17)11-5-9-19-10-6-11/h11-12H,2-10H2,1H3,(H,15,17). The molecule has 2 rings (SSSR count). The molecule has 0 atom stereocenters. The van der Waals surface area contributed by atoms with Gasteiger partial charge in [0, 0.05) is 38.3 Å². The molecule has 0 spiro atoms. The van der Waals surface area contributed by atoms with E-state index in [0.29, 0.717) is 32.9 Å². The summed E-state index contributed by atoms with van der Waals surface area (Å²) in [5.74, 6) is 0.231. The van der Waals surface area contributed by atoms with Crippen molar-refractivity contribution in [3.05, 3.63) is 0 Å². The van der Waals surface area contributed by atoms with Crippen LogP contribution in [0.2, 0.25) is 0 Å². The highest BCUT2D eigenvalue weighted by molar-refractivity contribution is 5.79. The zero-order chi connectivity index (χ0) is 14.4. The normalized spacial score (nSPS) is 21.6. The number of nitrogens with one attached hydrogen (secondary N) is 1. The Labute approximate surface area is 119 Å². The van der Waals surface area contributed by atoms with Crippen molar-refractivity contribution in [2.24, 2.45) is 5.92 Å². The number of hydrogen-bond donors (Lipinski definition) is 1. The van der Waals surface area contributed by atoms with Crippen molar-refractivity contribution in [2.75, 3.05) is 32.9 Å². The molecule has 1 N–H and O–H groups in total. The van der Waals surface area contributed by atoms with E-state index < -0.39 is 0 Å². The van der Waals surface area contributed by atoms with Crippen LogP contribution in [0.4, 0.5) is 4.79 Å². The maximum absolute atomic E-state index is 12.1. The fraction of sp³-hybridized carbons (Fsp3) is 0.857. The Balaban J connectivity index is 1.71. The molecule has 0 bridgehead atoms. The van der Waals surface area contributed by atoms with Gasteiger partial charge in [-0.2, -0.15) is 0 Å². The number of carbonyl (C=O) groups is 2. The number of carbonyl (C=O) groups excluding carboxylic acids is 2. The molecule has 2 saturated heterocycles. The number of rotatable bonds is 3. The first kappa shape index (κ1) is 15.1. The third kappa shape index (κ3) is 4.10. The minimum Gasteiger partial charge on any atom is -0.450 e. The van der Waals surface area contributed by atoms with Crippen LogP contribution in [-0.4, -0.2) is 55.9 Å². The van der Waals surface area contributed by atoms with E-state index in [4.69, 9.17) is 9.47 Å². The van der Waals surface area contributed by atoms with Crippen LogP contribution < -0.4 is 5.32 Å². The molecule has 20 heavy (non-hydrogen) atoms. The van der Waals surface area contributed by atoms with Crippen molar-refractivity contribution in [3.63, 3.8) is 0 Å². The van der Waals surface area contributed by atoms with Gasteiger partial charge in [-0.25, -0.2) is 4.79 Å². The number of likely N-dealkylation sites (tertiary alicyclic amines) is 1. The molecule has 0 aromatic rings. The molecule has 0 saturated carbocycles. The third-order valence-electron chi connectivity index (χ3n) is 3.96. The molecule has 0 radical (unpaired) electrons. The fourth-order valence-corrected chi connectivity index (χ4v) is 2.70. The van der Waals surface area contributed by atoms with Gasteiger partial charge in [0.2, 0.25) is 5.91 Å². The molecule has 114 valence electrons. The molecule has 2 aliphatic heterocycles. The SMILES string of the molecule is CCOC(=O)N1CCC(NC(=O)C2CCOCC2)CC1. The highest BCUT2D eigenvalue weighted by atomic mass is 16.6. The Morgan fingerprint density at radius 1 is 1.20 bits per heavy atom. The van der Waals surface area contributed by atoms with Gasteiger partial charge in [-0.15, -0.1) is 0 Å². The highest BCUT2D eigenvalue weighted by Crippen LogP contribution is 2.17. The molecule has 0 aromatic heterocycles. The molecule has 0 aliphatic carbocycles. The van der Waals surface area contributed by atoms with E-state index in [1.54, 1.807) is 11.8 Å². The highest BCUT2D eigenvalue weighted by Gasteiger charge is 2.27. The van der Waals surface area contributed by atoms with Gasteiger partial charge in [0.15, 0.2) is 0 Å². The van der Waals surface area contributed by atoms with Crippen molar-refractivity contribution in [3.8, 4) is 0 Å². The summed E-state index contributed by atoms with van der Waals surface area (Å²) in [5, 5.41) is 3.11. The van der Waals surface area contributed by atoms with E-state index in [9.17, 15) is 9.59 Å². The van der Waals surface area contributed by atoms with E-state index in [1.807, 2.05) is 0 Å². The van der Waals surface area contributed by atoms with Gasteiger partial charge < -0.3 is 19.7 Å². The quantitative estimate of drug-likeness (QED) is 0.844. The average molecular weight is 284 g/mol. The van der Waals surface area contributed by atoms with E-state index in [0.717, 1.165) is 25.7 Å². The van der Waals surface area contributed by atoms with Crippen molar-refractivity contribution < 1.29 is 19.1 Å². The van der Waals surface area contributed by atoms with Gasteiger partial charge >= 0.3 is 6.09 Å². The predicted molar refractivity (Wildman–Crippen MR) is 73.3 cm³/mol. The first-order valence-electron chi connectivity index (χ1n) is 7.50. The Hall–Kier alpha value is -1.30. The second-order valence-corrected chi connectivity index (χ2v) is 5.36. The summed E-state index contributed by atoms with van der Waals surface area (Å²) in [7, 11) is 0. The third-order valence-corrected chi connectivity index (χ3v) is 3.96. The van der Waals surface area contributed by atoms with E-state index >= 15 is 0 Å². The Bertz CT molecular complexity index is 334. The van der Waals surface area contributed by atoms with Gasteiger partial charge in [-0.1, -0.05) is 0 Å². The van der Waals surface area contributed by atoms with Crippen LogP contribution in [-0.2, 0) is 14.3 Å². The van der Waals surface area contributed by atoms with Gasteiger partial charge in [0.1, 0.15) is 0 Å². The first-order chi connectivity index (χ1) is 9.70. The lowest BCUT2D eigenvalue weighted by Gasteiger charge is -2.32. The summed E-state index contributed by atoms with van der Waals surface area (Å²) in [6.07, 6.45) is 2.98. The summed E-state index contributed by atoms with van der Waals surface area (Å²) in [5.41, 5.74) is 0. The summed E-state index contributed by atoms with van der Waals surface area (Å²) < 4.78 is 10.2. The van der Waals surface area contributed by atoms with Crippen LogP contribution in [0.5, 0.6) is 0 Å². The number of ether oxygens (including phenoxy) is 2. The monoisotopic (exact) mass is 284 g/mol. The smallest absolute Gasteiger partial charge is 0.409 e. The molecule has 2 amide bonds. The summed E-state index contributed by atoms with van der Waals surface area (Å²) >= 11 is 0. The molecule has 2 fully saturated rings. The number of piperidine rings is 1. The zero-order valence-electron chi connectivity index (χ0n) is 12.1. The van der Waals surface area contributed by atoms with E-state index in [2.05, 4.69) is 5.32 Å². The zero-order valence-corrected chi connectivity index (χ0v) is 12.1. The van der Waals surface area contributed by atoms with Gasteiger partial charge in [-0.05, 0) is 32.6 Å². The Morgan fingerprint density at radius 3 is 2.45 bits per heavy atom. The predicted octanol–water partition coefficient (Wildman–Crippen LogP) is 1.15. The first-order valence-corrected chi connectivity index (χ1v) is 7.50. The van der Waals surface area contributed by atoms with Crippen LogP contribution in [0, 0.1) is 5.92 Å². The summed E-state index contributed by atoms with van der Waals surface area (Å²) in [6, 6.07) is 0.177. The van der Waals surface area contributed by atoms with E-state index in [1.165, 1.54) is 0 Å². The summed E-state index contributed by atoms with van der Waals surface area (Å²) in [4.78, 5) is 25.4. The molecular weight excluding hydrogens is 260 g/mol. The van der Waals surface area contributed by atoms with Gasteiger partial charge in [-0.3, -0.25) is 4.79 Å². The van der Waals surface area contributed by atoms with E-state index in [-0.39, 0.29) is 24.0 Å². The van der Waals surface area contributed by atoms with Crippen LogP contribution in [0.3, 0.4) is 0 Å². The Morgan fingerprint density at radius 2 is 1.85 bits per heavy atom. The second kappa shape index (κ2) is 7.47. The fourth-order valence-electron chi connectivity index (χ4n) is 2.70. The largest absolute Gasteiger partial charge is 0.450 e. The average Bonchev–Trinajstić information content (AvgIpc) is 2.49. The maximum atomic E-state index is 12.1. The van der Waals surface area contributed by atoms with Crippen LogP contribution in [0.25, 0.3) is 0 Å². The number of amides is 2. The molecular formula is C14H24N2O4. The molecule has 2 aliphatic rings. The van der Waals surface area contributed by atoms with Crippen LogP contribution in [0.15, 0.2) is 0 Å². The minimum absolute atomic E-state index is 0.0897. The van der Waals surface area contributed by atoms with Crippen molar-refractivity contribution in [2.45, 2.75) is 38.6 Å². The minimum atomic E-state index is -0.248. The van der Waals surface area contributed by atoms with Gasteiger partial charge in [0.05, 0.1) is 6.61 Å². The lowest BCUT2D eigenvalue weighted by atomic mass is 9.97. The Kier molecular flexibility index (Phi) is 5.64. The molecule has 6 nitrogen and oxygen atoms in total. The van der Waals surface area contributed by atoms with Gasteiger partial charge in [0.25, 0.3) is 0 Å². The van der Waals surface area contributed by atoms with Crippen molar-refractivity contribution in [1.29, 1.82) is 0 Å². The lowest BCUT2D eigenvalue weighted by molar-refractivity contribution is -0.128. The molecule has 0 unspecified atom stereocenters. The number of hydrogen-bond acceptors (Lipinski definition) is 4. The van der Waals surface area contributed by atoms with Crippen molar-refractivity contribution in [1.82, 2.24) is 10.2 Å². The summed E-state index contributed by atoms with van der Waals surface area (Å²) in [6.45, 7) is 4.87. The molecule has 6 heteroatoms. The second-order valence-electron chi connectivity index (χ2n) is 5.36.